The van der Waals surface area contributed by atoms with Crippen LogP contribution in [0.25, 0.3) is 0 Å². The van der Waals surface area contributed by atoms with Crippen LogP contribution in [-0.2, 0) is 4.74 Å². The molecule has 0 radical (unpaired) electrons. The molecule has 1 rings (SSSR count). The normalized spacial score (nSPS) is 12.4. The largest absolute Gasteiger partial charge is 0.469 e. The number of halogens is 2. The van der Waals surface area contributed by atoms with Crippen LogP contribution in [0, 0.1) is 0 Å². The lowest BCUT2D eigenvalue weighted by Crippen LogP contribution is -1.56. The van der Waals surface area contributed by atoms with Crippen molar-refractivity contribution >= 4 is 34.0 Å². The number of hydrogen-bond donors (Lipinski definition) is 0. The summed E-state index contributed by atoms with van der Waals surface area (Å²) < 4.78 is 4.65. The first kappa shape index (κ1) is 11.6. The minimum absolute atomic E-state index is 0. The zero-order valence-electron chi connectivity index (χ0n) is 4.43. The van der Waals surface area contributed by atoms with E-state index in [4.69, 9.17) is 0 Å². The van der Waals surface area contributed by atoms with E-state index >= 15 is 0 Å². The third kappa shape index (κ3) is 5.72. The van der Waals surface area contributed by atoms with Crippen molar-refractivity contribution in [2.24, 2.45) is 10.2 Å². The van der Waals surface area contributed by atoms with Gasteiger partial charge in [0.15, 0.2) is 0 Å². The van der Waals surface area contributed by atoms with E-state index in [0.29, 0.717) is 0 Å². The zero-order chi connectivity index (χ0) is 4.95. The molecule has 5 heteroatoms. The number of hydrogen-bond acceptors (Lipinski definition) is 3. The Hall–Kier alpha value is -0.160. The average Bonchev–Trinajstić information content (AvgIpc) is 1.90. The molecule has 9 heavy (non-hydrogen) atoms. The minimum Gasteiger partial charge on any atom is -0.469 e. The molecule has 0 N–H and O–H groups in total. The van der Waals surface area contributed by atoms with E-state index in [1.54, 1.807) is 0 Å². The highest BCUT2D eigenvalue weighted by molar-refractivity contribution is 8.93. The lowest BCUT2D eigenvalue weighted by molar-refractivity contribution is 0.402. The summed E-state index contributed by atoms with van der Waals surface area (Å²) >= 11 is 0. The first-order valence-electron chi connectivity index (χ1n) is 1.85. The van der Waals surface area contributed by atoms with Gasteiger partial charge in [0.2, 0.25) is 0 Å². The van der Waals surface area contributed by atoms with Gasteiger partial charge >= 0.3 is 0 Å². The quantitative estimate of drug-likeness (QED) is 0.657. The first-order valence-corrected chi connectivity index (χ1v) is 1.85. The van der Waals surface area contributed by atoms with Crippen LogP contribution in [0.3, 0.4) is 0 Å². The predicted molar refractivity (Wildman–Crippen MR) is 44.9 cm³/mol. The molecule has 1 aliphatic rings. The van der Waals surface area contributed by atoms with Crippen molar-refractivity contribution in [1.29, 1.82) is 0 Å². The molecule has 52 valence electrons. The Balaban J connectivity index is 0. The van der Waals surface area contributed by atoms with E-state index in [0.717, 1.165) is 0 Å². The molecule has 0 fully saturated rings. The Morgan fingerprint density at radius 2 is 1.33 bits per heavy atom. The summed E-state index contributed by atoms with van der Waals surface area (Å²) in [6.07, 6.45) is 5.85. The molecule has 0 unspecified atom stereocenters. The van der Waals surface area contributed by atoms with Gasteiger partial charge in [-0.25, -0.2) is 0 Å². The van der Waals surface area contributed by atoms with E-state index in [1.165, 1.54) is 24.9 Å². The summed E-state index contributed by atoms with van der Waals surface area (Å²) in [6.45, 7) is 0. The van der Waals surface area contributed by atoms with E-state index in [9.17, 15) is 0 Å². The van der Waals surface area contributed by atoms with E-state index in [2.05, 4.69) is 15.0 Å². The van der Waals surface area contributed by atoms with Crippen molar-refractivity contribution in [2.45, 2.75) is 0 Å². The summed E-state index contributed by atoms with van der Waals surface area (Å²) in [5.74, 6) is 0. The molecule has 0 aromatic carbocycles. The second-order valence-corrected chi connectivity index (χ2v) is 0.937. The van der Waals surface area contributed by atoms with Gasteiger partial charge in [-0.1, -0.05) is 0 Å². The molecule has 0 bridgehead atoms. The fourth-order valence-corrected chi connectivity index (χ4v) is 0.247. The third-order valence-corrected chi connectivity index (χ3v) is 0.479. The predicted octanol–water partition coefficient (Wildman–Crippen LogP) is 2.57. The molecule has 3 nitrogen and oxygen atoms in total. The summed E-state index contributed by atoms with van der Waals surface area (Å²) in [5.41, 5.74) is 0. The van der Waals surface area contributed by atoms with Crippen LogP contribution in [-0.4, -0.2) is 0 Å². The molecule has 0 amide bonds. The number of rotatable bonds is 0. The molecule has 0 saturated carbocycles. The van der Waals surface area contributed by atoms with Gasteiger partial charge in [0.1, 0.15) is 12.5 Å². The second-order valence-electron chi connectivity index (χ2n) is 0.937. The Morgan fingerprint density at radius 3 is 1.78 bits per heavy atom. The summed E-state index contributed by atoms with van der Waals surface area (Å²) in [6, 6.07) is 0. The van der Waals surface area contributed by atoms with Gasteiger partial charge in [-0.2, -0.15) is 10.2 Å². The SMILES string of the molecule is Br.Br.C1=COC=CN=N1. The minimum atomic E-state index is 0. The monoisotopic (exact) mass is 256 g/mol. The Labute approximate surface area is 74.0 Å². The van der Waals surface area contributed by atoms with Gasteiger partial charge < -0.3 is 4.74 Å². The van der Waals surface area contributed by atoms with Crippen LogP contribution in [0.2, 0.25) is 0 Å². The number of ether oxygens (including phenoxy) is 1. The third-order valence-electron chi connectivity index (χ3n) is 0.479. The highest BCUT2D eigenvalue weighted by Gasteiger charge is 1.71. The molecular formula is C4H6Br2N2O. The fourth-order valence-electron chi connectivity index (χ4n) is 0.247. The van der Waals surface area contributed by atoms with Crippen LogP contribution < -0.4 is 0 Å². The van der Waals surface area contributed by atoms with Crippen LogP contribution in [0.4, 0.5) is 0 Å². The topological polar surface area (TPSA) is 34.0 Å². The molecule has 0 aromatic rings. The maximum atomic E-state index is 4.65. The van der Waals surface area contributed by atoms with Crippen LogP contribution in [0.5, 0.6) is 0 Å². The molecular weight excluding hydrogens is 252 g/mol. The van der Waals surface area contributed by atoms with Crippen LogP contribution in [0.1, 0.15) is 0 Å². The van der Waals surface area contributed by atoms with E-state index in [-0.39, 0.29) is 34.0 Å². The maximum Gasteiger partial charge on any atom is 0.110 e. The highest BCUT2D eigenvalue weighted by Crippen LogP contribution is 1.88. The summed E-state index contributed by atoms with van der Waals surface area (Å²) in [4.78, 5) is 0. The van der Waals surface area contributed by atoms with Crippen molar-refractivity contribution in [1.82, 2.24) is 0 Å². The molecule has 0 saturated heterocycles. The van der Waals surface area contributed by atoms with Gasteiger partial charge in [0, 0.05) is 0 Å². The number of azo groups is 1. The van der Waals surface area contributed by atoms with Crippen LogP contribution >= 0.6 is 34.0 Å². The molecule has 1 aliphatic heterocycles. The molecule has 1 heterocycles. The van der Waals surface area contributed by atoms with Crippen molar-refractivity contribution in [3.63, 3.8) is 0 Å². The van der Waals surface area contributed by atoms with Gasteiger partial charge in [-0.15, -0.1) is 34.0 Å². The standard InChI is InChI=1S/C4H4N2O.2BrH/c1-3-7-4-2-6-5-1;;/h1-4H;2*1H. The Morgan fingerprint density at radius 1 is 0.889 bits per heavy atom. The molecule has 0 aliphatic carbocycles. The fraction of sp³-hybridized carbons (Fsp3) is 0. The van der Waals surface area contributed by atoms with Gasteiger partial charge in [0.05, 0.1) is 12.4 Å². The molecule has 0 spiro atoms. The second kappa shape index (κ2) is 7.84. The van der Waals surface area contributed by atoms with Crippen molar-refractivity contribution in [3.8, 4) is 0 Å². The van der Waals surface area contributed by atoms with Gasteiger partial charge in [-0.3, -0.25) is 0 Å². The smallest absolute Gasteiger partial charge is 0.110 e. The lowest BCUT2D eigenvalue weighted by atomic mass is 11.0. The van der Waals surface area contributed by atoms with Crippen molar-refractivity contribution in [3.05, 3.63) is 24.9 Å². The average molecular weight is 258 g/mol. The highest BCUT2D eigenvalue weighted by atomic mass is 79.9. The summed E-state index contributed by atoms with van der Waals surface area (Å²) in [5, 5.41) is 7.01. The first-order chi connectivity index (χ1) is 3.50. The molecule has 0 aromatic heterocycles. The zero-order valence-corrected chi connectivity index (χ0v) is 7.85. The van der Waals surface area contributed by atoms with Crippen LogP contribution in [0.15, 0.2) is 35.2 Å². The maximum absolute atomic E-state index is 4.65. The summed E-state index contributed by atoms with van der Waals surface area (Å²) in [7, 11) is 0. The van der Waals surface area contributed by atoms with Crippen molar-refractivity contribution < 1.29 is 4.74 Å². The van der Waals surface area contributed by atoms with Gasteiger partial charge in [0.25, 0.3) is 0 Å². The lowest BCUT2D eigenvalue weighted by Gasteiger charge is -1.77. The Bertz CT molecular complexity index is 119. The Kier molecular flexibility index (Phi) is 10.1. The van der Waals surface area contributed by atoms with E-state index in [1.807, 2.05) is 0 Å². The number of nitrogens with zero attached hydrogens (tertiary/aromatic N) is 2. The van der Waals surface area contributed by atoms with Gasteiger partial charge in [-0.05, 0) is 0 Å². The molecule has 0 atom stereocenters. The van der Waals surface area contributed by atoms with E-state index < -0.39 is 0 Å². The van der Waals surface area contributed by atoms with Crippen molar-refractivity contribution in [2.75, 3.05) is 0 Å².